The first-order valence-electron chi connectivity index (χ1n) is 4.23. The van der Waals surface area contributed by atoms with Gasteiger partial charge in [-0.25, -0.2) is 4.48 Å². The Morgan fingerprint density at radius 1 is 1.23 bits per heavy atom. The first-order valence-corrected chi connectivity index (χ1v) is 4.23. The van der Waals surface area contributed by atoms with Crippen LogP contribution in [-0.4, -0.2) is 63.4 Å². The molecule has 0 spiro atoms. The van der Waals surface area contributed by atoms with E-state index in [2.05, 4.69) is 0 Å². The number of likely N-dealkylation sites (N-methyl/N-ethyl adjacent to an activating group) is 1. The van der Waals surface area contributed by atoms with Crippen molar-refractivity contribution in [3.05, 3.63) is 7.05 Å². The monoisotopic (exact) mass is 188 g/mol. The highest BCUT2D eigenvalue weighted by Crippen LogP contribution is 1.99. The molecule has 0 saturated heterocycles. The number of amides is 1. The molecule has 0 fully saturated rings. The number of carbonyl (C=O) groups is 1. The summed E-state index contributed by atoms with van der Waals surface area (Å²) in [6, 6.07) is 0. The smallest absolute Gasteiger partial charge is 0.414 e. The van der Waals surface area contributed by atoms with Gasteiger partial charge < -0.3 is 9.22 Å². The van der Waals surface area contributed by atoms with Gasteiger partial charge in [0.2, 0.25) is 7.05 Å². The summed E-state index contributed by atoms with van der Waals surface area (Å²) in [5, 5.41) is 0. The zero-order valence-electron chi connectivity index (χ0n) is 9.20. The third-order valence-electron chi connectivity index (χ3n) is 1.46. The molecule has 1 amide bonds. The van der Waals surface area contributed by atoms with Crippen LogP contribution < -0.4 is 0 Å². The maximum atomic E-state index is 11.2. The molecule has 0 unspecified atom stereocenters. The average molecular weight is 188 g/mol. The van der Waals surface area contributed by atoms with Crippen LogP contribution in [0.15, 0.2) is 0 Å². The lowest BCUT2D eigenvalue weighted by molar-refractivity contribution is -0.871. The van der Waals surface area contributed by atoms with E-state index in [4.69, 9.17) is 11.8 Å². The van der Waals surface area contributed by atoms with Gasteiger partial charge >= 0.3 is 6.09 Å². The SMILES string of the molecule is [CH][N+](C)(C)C(=O)OCC[N+](C)(C)C. The third-order valence-corrected chi connectivity index (χ3v) is 1.46. The third kappa shape index (κ3) is 6.54. The van der Waals surface area contributed by atoms with E-state index in [9.17, 15) is 4.79 Å². The van der Waals surface area contributed by atoms with Crippen molar-refractivity contribution in [3.8, 4) is 0 Å². The molecule has 0 rings (SSSR count). The quantitative estimate of drug-likeness (QED) is 0.605. The predicted molar refractivity (Wildman–Crippen MR) is 50.7 cm³/mol. The molecule has 0 N–H and O–H groups in total. The van der Waals surface area contributed by atoms with Crippen LogP contribution in [0.4, 0.5) is 4.79 Å². The van der Waals surface area contributed by atoms with Crippen molar-refractivity contribution in [1.82, 2.24) is 0 Å². The standard InChI is InChI=1S/C9H20N2O2/c1-10(2,3)7-8-13-9(12)11(4,5)6/h4H,7-8H2,1-3,5-6H3/q+2. The second-order valence-electron chi connectivity index (χ2n) is 4.67. The molecule has 0 aliphatic heterocycles. The molecule has 4 nitrogen and oxygen atoms in total. The van der Waals surface area contributed by atoms with E-state index in [0.29, 0.717) is 6.61 Å². The number of carbonyl (C=O) groups excluding carboxylic acids is 1. The molecule has 4 heteroatoms. The van der Waals surface area contributed by atoms with E-state index in [1.54, 1.807) is 14.1 Å². The molecule has 0 bridgehead atoms. The molecule has 76 valence electrons. The second kappa shape index (κ2) is 4.07. The fraction of sp³-hybridized carbons (Fsp3) is 0.778. The van der Waals surface area contributed by atoms with Crippen LogP contribution in [0.2, 0.25) is 0 Å². The van der Waals surface area contributed by atoms with Gasteiger partial charge in [-0.2, -0.15) is 4.79 Å². The van der Waals surface area contributed by atoms with Crippen molar-refractivity contribution < 1.29 is 18.5 Å². The maximum absolute atomic E-state index is 11.2. The lowest BCUT2D eigenvalue weighted by Gasteiger charge is -2.24. The summed E-state index contributed by atoms with van der Waals surface area (Å²) >= 11 is 0. The van der Waals surface area contributed by atoms with Crippen LogP contribution in [0.3, 0.4) is 0 Å². The zero-order valence-corrected chi connectivity index (χ0v) is 9.20. The number of hydrogen-bond acceptors (Lipinski definition) is 2. The Kier molecular flexibility index (Phi) is 3.88. The van der Waals surface area contributed by atoms with Crippen molar-refractivity contribution in [3.63, 3.8) is 0 Å². The summed E-state index contributed by atoms with van der Waals surface area (Å²) in [7, 11) is 14.8. The molecule has 0 aliphatic carbocycles. The van der Waals surface area contributed by atoms with Gasteiger partial charge in [0.15, 0.2) is 0 Å². The summed E-state index contributed by atoms with van der Waals surface area (Å²) in [4.78, 5) is 11.2. The summed E-state index contributed by atoms with van der Waals surface area (Å²) in [6.45, 7) is 1.19. The van der Waals surface area contributed by atoms with E-state index >= 15 is 0 Å². The minimum atomic E-state index is -0.409. The van der Waals surface area contributed by atoms with Gasteiger partial charge in [0.05, 0.1) is 35.2 Å². The van der Waals surface area contributed by atoms with E-state index in [1.165, 1.54) is 0 Å². The van der Waals surface area contributed by atoms with E-state index in [-0.39, 0.29) is 4.48 Å². The molecule has 0 heterocycles. The summed E-state index contributed by atoms with van der Waals surface area (Å²) < 4.78 is 5.46. The average Bonchev–Trinajstić information content (AvgIpc) is 1.82. The van der Waals surface area contributed by atoms with Gasteiger partial charge in [0, 0.05) is 0 Å². The molecule has 0 atom stereocenters. The highest BCUT2D eigenvalue weighted by molar-refractivity contribution is 5.59. The minimum absolute atomic E-state index is 0.281. The lowest BCUT2D eigenvalue weighted by atomic mass is 10.5. The van der Waals surface area contributed by atoms with E-state index < -0.39 is 6.09 Å². The van der Waals surface area contributed by atoms with Gasteiger partial charge in [0.1, 0.15) is 13.2 Å². The van der Waals surface area contributed by atoms with Crippen LogP contribution in [0.5, 0.6) is 0 Å². The highest BCUT2D eigenvalue weighted by atomic mass is 16.6. The topological polar surface area (TPSA) is 26.3 Å². The Morgan fingerprint density at radius 3 is 2.00 bits per heavy atom. The van der Waals surface area contributed by atoms with Gasteiger partial charge in [-0.05, 0) is 0 Å². The normalized spacial score (nSPS) is 12.8. The van der Waals surface area contributed by atoms with Crippen molar-refractivity contribution >= 4 is 6.09 Å². The molecule has 0 saturated carbocycles. The van der Waals surface area contributed by atoms with Crippen molar-refractivity contribution in [2.45, 2.75) is 0 Å². The minimum Gasteiger partial charge on any atom is -0.414 e. The summed E-state index contributed by atoms with van der Waals surface area (Å²) in [5.41, 5.74) is 0. The Balaban J connectivity index is 3.74. The van der Waals surface area contributed by atoms with Crippen LogP contribution >= 0.6 is 0 Å². The van der Waals surface area contributed by atoms with Crippen molar-refractivity contribution in [2.75, 3.05) is 48.4 Å². The zero-order chi connectivity index (χ0) is 10.7. The second-order valence-corrected chi connectivity index (χ2v) is 4.67. The Hall–Kier alpha value is -0.610. The fourth-order valence-electron chi connectivity index (χ4n) is 0.573. The van der Waals surface area contributed by atoms with Crippen LogP contribution in [-0.2, 0) is 4.74 Å². The number of hydrogen-bond donors (Lipinski definition) is 0. The first-order chi connectivity index (χ1) is 5.63. The largest absolute Gasteiger partial charge is 0.516 e. The Bertz CT molecular complexity index is 177. The summed E-state index contributed by atoms with van der Waals surface area (Å²) in [6.07, 6.45) is -0.409. The van der Waals surface area contributed by atoms with Crippen molar-refractivity contribution in [2.24, 2.45) is 0 Å². The van der Waals surface area contributed by atoms with Gasteiger partial charge in [-0.15, -0.1) is 0 Å². The Labute approximate surface area is 80.9 Å². The molecular weight excluding hydrogens is 168 g/mol. The van der Waals surface area contributed by atoms with Crippen LogP contribution in [0.1, 0.15) is 0 Å². The predicted octanol–water partition coefficient (Wildman–Crippen LogP) is 0.574. The number of ether oxygens (including phenoxy) is 1. The number of nitrogens with zero attached hydrogens (tertiary/aromatic N) is 2. The fourth-order valence-corrected chi connectivity index (χ4v) is 0.573. The molecule has 0 aromatic heterocycles. The maximum Gasteiger partial charge on any atom is 0.516 e. The van der Waals surface area contributed by atoms with Gasteiger partial charge in [-0.1, -0.05) is 0 Å². The van der Waals surface area contributed by atoms with Crippen LogP contribution in [0.25, 0.3) is 0 Å². The highest BCUT2D eigenvalue weighted by Gasteiger charge is 2.24. The molecule has 2 radical (unpaired) electrons. The van der Waals surface area contributed by atoms with Crippen molar-refractivity contribution in [1.29, 1.82) is 0 Å². The molecular formula is C9H20N2O2+2. The lowest BCUT2D eigenvalue weighted by Crippen LogP contribution is -2.42. The van der Waals surface area contributed by atoms with E-state index in [1.807, 2.05) is 21.1 Å². The van der Waals surface area contributed by atoms with Gasteiger partial charge in [-0.3, -0.25) is 0 Å². The molecule has 0 aromatic rings. The molecule has 13 heavy (non-hydrogen) atoms. The Morgan fingerprint density at radius 2 is 1.69 bits per heavy atom. The molecule has 0 aliphatic rings. The van der Waals surface area contributed by atoms with E-state index in [0.717, 1.165) is 11.0 Å². The summed E-state index contributed by atoms with van der Waals surface area (Å²) in [5.74, 6) is 0. The molecule has 0 aromatic carbocycles. The number of quaternary nitrogens is 2. The first kappa shape index (κ1) is 12.4. The van der Waals surface area contributed by atoms with Crippen LogP contribution in [0, 0.1) is 7.05 Å². The number of rotatable bonds is 3. The van der Waals surface area contributed by atoms with Gasteiger partial charge in [0.25, 0.3) is 0 Å².